The van der Waals surface area contributed by atoms with E-state index in [4.69, 9.17) is 4.74 Å². The van der Waals surface area contributed by atoms with E-state index in [1.165, 1.54) is 12.8 Å². The van der Waals surface area contributed by atoms with Crippen LogP contribution in [0.2, 0.25) is 0 Å². The van der Waals surface area contributed by atoms with Crippen LogP contribution in [0.15, 0.2) is 10.9 Å². The zero-order valence-corrected chi connectivity index (χ0v) is 9.24. The number of ether oxygens (including phenoxy) is 1. The number of aromatic nitrogens is 2. The first-order valence-corrected chi connectivity index (χ1v) is 6.02. The minimum absolute atomic E-state index is 0.0162. The normalized spacial score (nSPS) is 25.6. The number of hydrogen-bond acceptors (Lipinski definition) is 3. The number of nitrogens with zero attached hydrogens (tertiary/aromatic N) is 1. The summed E-state index contributed by atoms with van der Waals surface area (Å²) in [5.74, 6) is 1.64. The topological polar surface area (TPSA) is 55.0 Å². The predicted octanol–water partition coefficient (Wildman–Crippen LogP) is 1.54. The SMILES string of the molecule is O=c1cc(C2CC2)nc(C2CCCOC2)[nH]1. The van der Waals surface area contributed by atoms with E-state index in [9.17, 15) is 4.79 Å². The van der Waals surface area contributed by atoms with Crippen LogP contribution in [-0.4, -0.2) is 23.2 Å². The molecule has 2 fully saturated rings. The molecule has 0 amide bonds. The van der Waals surface area contributed by atoms with E-state index in [-0.39, 0.29) is 11.5 Å². The van der Waals surface area contributed by atoms with E-state index in [2.05, 4.69) is 9.97 Å². The van der Waals surface area contributed by atoms with Gasteiger partial charge in [0.15, 0.2) is 0 Å². The summed E-state index contributed by atoms with van der Waals surface area (Å²) in [6.45, 7) is 1.53. The highest BCUT2D eigenvalue weighted by Crippen LogP contribution is 2.38. The van der Waals surface area contributed by atoms with Gasteiger partial charge in [0, 0.05) is 24.5 Å². The van der Waals surface area contributed by atoms with E-state index in [0.29, 0.717) is 12.5 Å². The Kier molecular flexibility index (Phi) is 2.52. The van der Waals surface area contributed by atoms with Crippen molar-refractivity contribution in [3.05, 3.63) is 27.9 Å². The molecule has 1 saturated carbocycles. The Bertz CT molecular complexity index is 431. The van der Waals surface area contributed by atoms with Crippen LogP contribution in [0.5, 0.6) is 0 Å². The lowest BCUT2D eigenvalue weighted by Crippen LogP contribution is -2.22. The van der Waals surface area contributed by atoms with Crippen molar-refractivity contribution in [2.24, 2.45) is 0 Å². The highest BCUT2D eigenvalue weighted by Gasteiger charge is 2.27. The van der Waals surface area contributed by atoms with E-state index < -0.39 is 0 Å². The Morgan fingerprint density at radius 1 is 1.31 bits per heavy atom. The molecule has 1 unspecified atom stereocenters. The van der Waals surface area contributed by atoms with E-state index in [1.807, 2.05) is 0 Å². The molecule has 4 nitrogen and oxygen atoms in total. The maximum atomic E-state index is 11.5. The third-order valence-corrected chi connectivity index (χ3v) is 3.32. The van der Waals surface area contributed by atoms with Crippen LogP contribution in [-0.2, 0) is 4.74 Å². The van der Waals surface area contributed by atoms with Gasteiger partial charge in [0.2, 0.25) is 0 Å². The van der Waals surface area contributed by atoms with Crippen LogP contribution in [0.25, 0.3) is 0 Å². The number of hydrogen-bond donors (Lipinski definition) is 1. The van der Waals surface area contributed by atoms with Crippen molar-refractivity contribution in [2.75, 3.05) is 13.2 Å². The Hall–Kier alpha value is -1.16. The molecule has 1 atom stereocenters. The molecule has 1 aromatic heterocycles. The lowest BCUT2D eigenvalue weighted by molar-refractivity contribution is 0.0779. The molecule has 4 heteroatoms. The number of H-pyrrole nitrogens is 1. The molecule has 0 spiro atoms. The van der Waals surface area contributed by atoms with Gasteiger partial charge in [-0.3, -0.25) is 4.79 Å². The molecule has 1 saturated heterocycles. The van der Waals surface area contributed by atoms with Gasteiger partial charge in [-0.2, -0.15) is 0 Å². The zero-order chi connectivity index (χ0) is 11.0. The van der Waals surface area contributed by atoms with Gasteiger partial charge < -0.3 is 9.72 Å². The zero-order valence-electron chi connectivity index (χ0n) is 9.24. The summed E-state index contributed by atoms with van der Waals surface area (Å²) in [5.41, 5.74) is 0.960. The van der Waals surface area contributed by atoms with E-state index in [1.54, 1.807) is 6.07 Å². The van der Waals surface area contributed by atoms with Crippen LogP contribution < -0.4 is 5.56 Å². The average molecular weight is 220 g/mol. The first-order chi connectivity index (χ1) is 7.83. The van der Waals surface area contributed by atoms with Gasteiger partial charge >= 0.3 is 0 Å². The molecule has 0 bridgehead atoms. The van der Waals surface area contributed by atoms with Crippen molar-refractivity contribution in [3.8, 4) is 0 Å². The van der Waals surface area contributed by atoms with Crippen LogP contribution in [0.1, 0.15) is 49.0 Å². The minimum Gasteiger partial charge on any atom is -0.381 e. The standard InChI is InChI=1S/C12H16N2O2/c15-11-6-10(8-3-4-8)13-12(14-11)9-2-1-5-16-7-9/h6,8-9H,1-5,7H2,(H,13,14,15). The van der Waals surface area contributed by atoms with Gasteiger partial charge in [0.05, 0.1) is 12.3 Å². The highest BCUT2D eigenvalue weighted by molar-refractivity contribution is 5.15. The molecule has 86 valence electrons. The molecule has 16 heavy (non-hydrogen) atoms. The lowest BCUT2D eigenvalue weighted by atomic mass is 10.0. The maximum Gasteiger partial charge on any atom is 0.251 e. The van der Waals surface area contributed by atoms with Crippen molar-refractivity contribution >= 4 is 0 Å². The average Bonchev–Trinajstić information content (AvgIpc) is 3.13. The molecule has 3 rings (SSSR count). The summed E-state index contributed by atoms with van der Waals surface area (Å²) in [4.78, 5) is 19.0. The summed E-state index contributed by atoms with van der Waals surface area (Å²) in [6.07, 6.45) is 4.48. The Labute approximate surface area is 94.1 Å². The van der Waals surface area contributed by atoms with Crippen LogP contribution in [0.3, 0.4) is 0 Å². The molecule has 1 aliphatic heterocycles. The van der Waals surface area contributed by atoms with Gasteiger partial charge in [-0.05, 0) is 25.7 Å². The maximum absolute atomic E-state index is 11.5. The number of aromatic amines is 1. The van der Waals surface area contributed by atoms with Crippen molar-refractivity contribution in [2.45, 2.75) is 37.5 Å². The quantitative estimate of drug-likeness (QED) is 0.822. The molecule has 0 aromatic carbocycles. The molecule has 1 N–H and O–H groups in total. The molecule has 2 aliphatic rings. The van der Waals surface area contributed by atoms with Crippen LogP contribution in [0.4, 0.5) is 0 Å². The van der Waals surface area contributed by atoms with Crippen molar-refractivity contribution in [1.29, 1.82) is 0 Å². The van der Waals surface area contributed by atoms with Crippen molar-refractivity contribution < 1.29 is 4.74 Å². The number of rotatable bonds is 2. The van der Waals surface area contributed by atoms with Gasteiger partial charge in [0.1, 0.15) is 5.82 Å². The first-order valence-electron chi connectivity index (χ1n) is 6.02. The predicted molar refractivity (Wildman–Crippen MR) is 59.6 cm³/mol. The second-order valence-corrected chi connectivity index (χ2v) is 4.74. The largest absolute Gasteiger partial charge is 0.381 e. The molecule has 0 radical (unpaired) electrons. The Balaban J connectivity index is 1.89. The van der Waals surface area contributed by atoms with Gasteiger partial charge in [0.25, 0.3) is 5.56 Å². The highest BCUT2D eigenvalue weighted by atomic mass is 16.5. The fourth-order valence-electron chi connectivity index (χ4n) is 2.23. The van der Waals surface area contributed by atoms with Crippen LogP contribution >= 0.6 is 0 Å². The Morgan fingerprint density at radius 2 is 2.19 bits per heavy atom. The molecule has 1 aliphatic carbocycles. The summed E-state index contributed by atoms with van der Waals surface area (Å²) in [5, 5.41) is 0. The first kappa shape index (κ1) is 10.0. The van der Waals surface area contributed by atoms with Crippen molar-refractivity contribution in [3.63, 3.8) is 0 Å². The molecular weight excluding hydrogens is 204 g/mol. The van der Waals surface area contributed by atoms with Crippen LogP contribution in [0, 0.1) is 0 Å². The van der Waals surface area contributed by atoms with Gasteiger partial charge in [-0.1, -0.05) is 0 Å². The fraction of sp³-hybridized carbons (Fsp3) is 0.667. The van der Waals surface area contributed by atoms with Gasteiger partial charge in [-0.15, -0.1) is 0 Å². The molecule has 1 aromatic rings. The van der Waals surface area contributed by atoms with Crippen molar-refractivity contribution in [1.82, 2.24) is 9.97 Å². The minimum atomic E-state index is -0.0162. The summed E-state index contributed by atoms with van der Waals surface area (Å²) in [6, 6.07) is 1.64. The summed E-state index contributed by atoms with van der Waals surface area (Å²) in [7, 11) is 0. The van der Waals surface area contributed by atoms with E-state index >= 15 is 0 Å². The fourth-order valence-corrected chi connectivity index (χ4v) is 2.23. The smallest absolute Gasteiger partial charge is 0.251 e. The second kappa shape index (κ2) is 4.01. The molecular formula is C12H16N2O2. The summed E-state index contributed by atoms with van der Waals surface area (Å²) >= 11 is 0. The Morgan fingerprint density at radius 3 is 2.88 bits per heavy atom. The lowest BCUT2D eigenvalue weighted by Gasteiger charge is -2.21. The second-order valence-electron chi connectivity index (χ2n) is 4.74. The van der Waals surface area contributed by atoms with Gasteiger partial charge in [-0.25, -0.2) is 4.98 Å². The number of nitrogens with one attached hydrogen (secondary N) is 1. The third kappa shape index (κ3) is 2.02. The van der Waals surface area contributed by atoms with E-state index in [0.717, 1.165) is 31.0 Å². The monoisotopic (exact) mass is 220 g/mol. The third-order valence-electron chi connectivity index (χ3n) is 3.32. The summed E-state index contributed by atoms with van der Waals surface area (Å²) < 4.78 is 5.43. The molecule has 2 heterocycles.